The number of hydrogen-bond acceptors (Lipinski definition) is 6. The van der Waals surface area contributed by atoms with Crippen molar-refractivity contribution in [2.45, 2.75) is 78.0 Å². The molecule has 192 valence electrons. The van der Waals surface area contributed by atoms with E-state index in [4.69, 9.17) is 14.6 Å². The van der Waals surface area contributed by atoms with E-state index >= 15 is 0 Å². The quantitative estimate of drug-likeness (QED) is 0.489. The van der Waals surface area contributed by atoms with E-state index in [0.29, 0.717) is 19.4 Å². The minimum absolute atomic E-state index is 0.0303. The molecule has 7 heteroatoms. The molecule has 1 atom stereocenters. The number of hydrogen-bond donors (Lipinski definition) is 1. The molecule has 1 heterocycles. The molecule has 0 aromatic heterocycles. The monoisotopic (exact) mass is 491 g/mol. The first kappa shape index (κ1) is 25.7. The van der Waals surface area contributed by atoms with Crippen molar-refractivity contribution in [1.82, 2.24) is 5.01 Å². The highest BCUT2D eigenvalue weighted by Crippen LogP contribution is 2.34. The number of hydrazone groups is 1. The summed E-state index contributed by atoms with van der Waals surface area (Å²) in [5.74, 6) is 1.45. The molecular weight excluding hydrogens is 454 g/mol. The number of amides is 1. The Hall–Kier alpha value is -3.35. The third-order valence-corrected chi connectivity index (χ3v) is 6.80. The maximum absolute atomic E-state index is 12.3. The van der Waals surface area contributed by atoms with Gasteiger partial charge in [0.25, 0.3) is 0 Å². The van der Waals surface area contributed by atoms with Gasteiger partial charge in [-0.15, -0.1) is 0 Å². The highest BCUT2D eigenvalue weighted by Gasteiger charge is 2.25. The van der Waals surface area contributed by atoms with Crippen LogP contribution < -0.4 is 14.8 Å². The molecule has 1 unspecified atom stereocenters. The fourth-order valence-electron chi connectivity index (χ4n) is 4.54. The Morgan fingerprint density at radius 2 is 1.81 bits per heavy atom. The van der Waals surface area contributed by atoms with Crippen LogP contribution in [0.2, 0.25) is 0 Å². The molecule has 1 amide bonds. The molecule has 2 aromatic rings. The van der Waals surface area contributed by atoms with Crippen molar-refractivity contribution in [2.24, 2.45) is 10.5 Å². The number of carbonyl (C=O) groups is 2. The number of benzene rings is 2. The third-order valence-electron chi connectivity index (χ3n) is 6.80. The van der Waals surface area contributed by atoms with Crippen LogP contribution in [0.1, 0.15) is 70.4 Å². The van der Waals surface area contributed by atoms with Crippen molar-refractivity contribution in [1.29, 1.82) is 0 Å². The van der Waals surface area contributed by atoms with Gasteiger partial charge in [0.15, 0.2) is 11.5 Å². The van der Waals surface area contributed by atoms with E-state index in [2.05, 4.69) is 5.32 Å². The molecule has 4 rings (SSSR count). The van der Waals surface area contributed by atoms with E-state index in [0.717, 1.165) is 53.2 Å². The molecule has 1 aliphatic carbocycles. The van der Waals surface area contributed by atoms with Crippen molar-refractivity contribution in [2.75, 3.05) is 12.4 Å². The maximum atomic E-state index is 12.3. The normalized spacial score (nSPS) is 18.5. The van der Waals surface area contributed by atoms with Crippen molar-refractivity contribution in [3.8, 4) is 11.5 Å². The van der Waals surface area contributed by atoms with E-state index in [1.165, 1.54) is 12.8 Å². The molecule has 0 saturated heterocycles. The largest absolute Gasteiger partial charge is 0.493 e. The lowest BCUT2D eigenvalue weighted by molar-refractivity contribution is -0.123. The van der Waals surface area contributed by atoms with Gasteiger partial charge < -0.3 is 19.6 Å². The average Bonchev–Trinajstić information content (AvgIpc) is 3.37. The molecule has 36 heavy (non-hydrogen) atoms. The summed E-state index contributed by atoms with van der Waals surface area (Å²) in [6.07, 6.45) is 7.16. The van der Waals surface area contributed by atoms with Crippen LogP contribution in [0.5, 0.6) is 11.5 Å². The lowest BCUT2D eigenvalue weighted by Crippen LogP contribution is -2.37. The summed E-state index contributed by atoms with van der Waals surface area (Å²) in [5.41, 5.74) is 3.22. The first-order valence-electron chi connectivity index (χ1n) is 12.8. The minimum atomic E-state index is -0.460. The van der Waals surface area contributed by atoms with Gasteiger partial charge in [0, 0.05) is 16.7 Å². The third kappa shape index (κ3) is 6.25. The smallest absolute Gasteiger partial charge is 0.229 e. The number of carbonyl (C=O) groups excluding carboxylic acids is 2. The van der Waals surface area contributed by atoms with E-state index in [9.17, 15) is 9.59 Å². The number of methoxy groups -OCH3 is 1. The summed E-state index contributed by atoms with van der Waals surface area (Å²) in [4.78, 5) is 24.1. The average molecular weight is 492 g/mol. The summed E-state index contributed by atoms with van der Waals surface area (Å²) in [7, 11) is 1.66. The number of anilines is 1. The van der Waals surface area contributed by atoms with E-state index in [1.807, 2.05) is 68.2 Å². The van der Waals surface area contributed by atoms with Gasteiger partial charge in [-0.2, -0.15) is 5.10 Å². The lowest BCUT2D eigenvalue weighted by Gasteiger charge is -2.31. The topological polar surface area (TPSA) is 80.2 Å². The Kier molecular flexibility index (Phi) is 7.97. The highest BCUT2D eigenvalue weighted by atomic mass is 16.5. The van der Waals surface area contributed by atoms with Crippen LogP contribution in [0.25, 0.3) is 0 Å². The van der Waals surface area contributed by atoms with Crippen LogP contribution in [0.4, 0.5) is 5.69 Å². The minimum Gasteiger partial charge on any atom is -0.493 e. The number of aldehydes is 1. The maximum Gasteiger partial charge on any atom is 0.229 e. The van der Waals surface area contributed by atoms with Gasteiger partial charge in [0.05, 0.1) is 25.5 Å². The van der Waals surface area contributed by atoms with E-state index in [-0.39, 0.29) is 18.1 Å². The molecule has 0 bridgehead atoms. The molecule has 1 N–H and O–H groups in total. The lowest BCUT2D eigenvalue weighted by atomic mass is 9.95. The SMILES string of the molecule is COc1ccc(C2=NN(Cc3ccc(NC(=O)C(C)(C)C)cc3)C(C=O)CC2)cc1OC1CCCC1. The van der Waals surface area contributed by atoms with Gasteiger partial charge in [0.2, 0.25) is 5.91 Å². The molecule has 2 aromatic carbocycles. The van der Waals surface area contributed by atoms with Crippen LogP contribution >= 0.6 is 0 Å². The Morgan fingerprint density at radius 3 is 2.44 bits per heavy atom. The molecule has 1 saturated carbocycles. The number of rotatable bonds is 8. The van der Waals surface area contributed by atoms with Crippen LogP contribution in [0.3, 0.4) is 0 Å². The predicted octanol–water partition coefficient (Wildman–Crippen LogP) is 5.57. The molecule has 0 radical (unpaired) electrons. The number of nitrogens with one attached hydrogen (secondary N) is 1. The first-order valence-corrected chi connectivity index (χ1v) is 12.8. The highest BCUT2D eigenvalue weighted by molar-refractivity contribution is 6.01. The second-order valence-corrected chi connectivity index (χ2v) is 10.7. The Balaban J connectivity index is 1.51. The van der Waals surface area contributed by atoms with Gasteiger partial charge in [-0.1, -0.05) is 32.9 Å². The first-order chi connectivity index (χ1) is 17.3. The molecule has 2 aliphatic rings. The van der Waals surface area contributed by atoms with Crippen molar-refractivity contribution >= 4 is 23.6 Å². The van der Waals surface area contributed by atoms with Gasteiger partial charge in [-0.3, -0.25) is 9.80 Å². The fourth-order valence-corrected chi connectivity index (χ4v) is 4.54. The number of nitrogens with zero attached hydrogens (tertiary/aromatic N) is 2. The zero-order valence-corrected chi connectivity index (χ0v) is 21.8. The molecular formula is C29H37N3O4. The van der Waals surface area contributed by atoms with Crippen molar-refractivity contribution in [3.05, 3.63) is 53.6 Å². The summed E-state index contributed by atoms with van der Waals surface area (Å²) in [5, 5.41) is 9.68. The standard InChI is InChI=1S/C29H37N3O4/c1-29(2,3)28(34)30-22-12-9-20(10-13-22)18-32-23(19-33)14-15-25(31-32)21-11-16-26(35-4)27(17-21)36-24-7-5-6-8-24/h9-13,16-17,19,23-24H,5-8,14-15,18H2,1-4H3,(H,30,34). The fraction of sp³-hybridized carbons (Fsp3) is 0.483. The number of ether oxygens (including phenoxy) is 2. The van der Waals surface area contributed by atoms with Crippen LogP contribution in [-0.2, 0) is 16.1 Å². The Bertz CT molecular complexity index is 1100. The van der Waals surface area contributed by atoms with Crippen LogP contribution in [0, 0.1) is 5.41 Å². The van der Waals surface area contributed by atoms with E-state index < -0.39 is 5.41 Å². The van der Waals surface area contributed by atoms with Crippen LogP contribution in [0.15, 0.2) is 47.6 Å². The van der Waals surface area contributed by atoms with Crippen molar-refractivity contribution in [3.63, 3.8) is 0 Å². The van der Waals surface area contributed by atoms with Gasteiger partial charge in [-0.05, 0) is 74.4 Å². The predicted molar refractivity (Wildman–Crippen MR) is 142 cm³/mol. The molecule has 7 nitrogen and oxygen atoms in total. The Labute approximate surface area is 213 Å². The molecule has 0 spiro atoms. The van der Waals surface area contributed by atoms with Crippen LogP contribution in [-0.4, -0.2) is 42.2 Å². The van der Waals surface area contributed by atoms with Gasteiger partial charge >= 0.3 is 0 Å². The summed E-state index contributed by atoms with van der Waals surface area (Å²) >= 11 is 0. The summed E-state index contributed by atoms with van der Waals surface area (Å²) in [6.45, 7) is 6.15. The van der Waals surface area contributed by atoms with Gasteiger partial charge in [-0.25, -0.2) is 0 Å². The molecule has 1 aliphatic heterocycles. The molecule has 1 fully saturated rings. The Morgan fingerprint density at radius 1 is 1.08 bits per heavy atom. The van der Waals surface area contributed by atoms with Crippen molar-refractivity contribution < 1.29 is 19.1 Å². The second-order valence-electron chi connectivity index (χ2n) is 10.7. The van der Waals surface area contributed by atoms with Gasteiger partial charge in [0.1, 0.15) is 12.3 Å². The summed E-state index contributed by atoms with van der Waals surface area (Å²) < 4.78 is 11.8. The summed E-state index contributed by atoms with van der Waals surface area (Å²) in [6, 6.07) is 13.4. The zero-order valence-electron chi connectivity index (χ0n) is 21.8. The van der Waals surface area contributed by atoms with E-state index in [1.54, 1.807) is 7.11 Å². The zero-order chi connectivity index (χ0) is 25.7. The second kappa shape index (κ2) is 11.1.